The molecule has 136 valence electrons. The summed E-state index contributed by atoms with van der Waals surface area (Å²) in [6.45, 7) is 1.20. The minimum atomic E-state index is -1.30. The van der Waals surface area contributed by atoms with E-state index in [0.717, 1.165) is 0 Å². The molecule has 0 fully saturated rings. The van der Waals surface area contributed by atoms with E-state index < -0.39 is 54.3 Å². The average molecular weight is 347 g/mol. The van der Waals surface area contributed by atoms with Crippen LogP contribution in [-0.4, -0.2) is 63.2 Å². The zero-order valence-electron chi connectivity index (χ0n) is 13.0. The van der Waals surface area contributed by atoms with Gasteiger partial charge in [0.1, 0.15) is 12.1 Å². The highest BCUT2D eigenvalue weighted by Crippen LogP contribution is 2.02. The van der Waals surface area contributed by atoms with Gasteiger partial charge < -0.3 is 31.7 Å². The Hall–Kier alpha value is -2.69. The molecule has 7 N–H and O–H groups in total. The van der Waals surface area contributed by atoms with E-state index in [1.807, 2.05) is 0 Å². The van der Waals surface area contributed by atoms with Crippen molar-refractivity contribution in [3.8, 4) is 0 Å². The lowest BCUT2D eigenvalue weighted by molar-refractivity contribution is -0.142. The minimum Gasteiger partial charge on any atom is -0.481 e. The summed E-state index contributed by atoms with van der Waals surface area (Å²) in [7, 11) is 0. The number of carbonyl (C=O) groups is 5. The smallest absolute Gasteiger partial charge is 0.325 e. The van der Waals surface area contributed by atoms with Gasteiger partial charge in [-0.2, -0.15) is 0 Å². The normalized spacial score (nSPS) is 14.1. The summed E-state index contributed by atoms with van der Waals surface area (Å²) in [5.74, 6) is -5.35. The number of nitrogens with one attached hydrogen (secondary N) is 2. The molecule has 0 unspecified atom stereocenters. The van der Waals surface area contributed by atoms with Crippen LogP contribution in [0.4, 0.5) is 0 Å². The third-order valence-electron chi connectivity index (χ3n) is 3.02. The molecule has 2 amide bonds. The second-order valence-corrected chi connectivity index (χ2v) is 5.10. The van der Waals surface area contributed by atoms with Gasteiger partial charge in [0, 0.05) is 12.8 Å². The van der Waals surface area contributed by atoms with Gasteiger partial charge in [0.05, 0.1) is 6.04 Å². The van der Waals surface area contributed by atoms with Crippen molar-refractivity contribution in [1.29, 1.82) is 0 Å². The predicted octanol–water partition coefficient (Wildman–Crippen LogP) is -1.88. The van der Waals surface area contributed by atoms with Gasteiger partial charge >= 0.3 is 17.9 Å². The Morgan fingerprint density at radius 2 is 1.38 bits per heavy atom. The Morgan fingerprint density at radius 1 is 0.875 bits per heavy atom. The number of rotatable bonds is 11. The summed E-state index contributed by atoms with van der Waals surface area (Å²) in [5, 5.41) is 30.3. The molecule has 0 aromatic heterocycles. The lowest BCUT2D eigenvalue weighted by Crippen LogP contribution is -2.54. The molecule has 0 saturated carbocycles. The van der Waals surface area contributed by atoms with Crippen LogP contribution in [0.3, 0.4) is 0 Å². The lowest BCUT2D eigenvalue weighted by Gasteiger charge is -2.21. The minimum absolute atomic E-state index is 0.167. The Bertz CT molecular complexity index is 507. The average Bonchev–Trinajstić information content (AvgIpc) is 2.47. The molecular formula is C13H21N3O8. The third kappa shape index (κ3) is 8.68. The number of carboxylic acid groups (broad SMARTS) is 3. The summed E-state index contributed by atoms with van der Waals surface area (Å²) < 4.78 is 0. The van der Waals surface area contributed by atoms with Crippen molar-refractivity contribution in [3.05, 3.63) is 0 Å². The summed E-state index contributed by atoms with van der Waals surface area (Å²) in [5.41, 5.74) is 5.50. The van der Waals surface area contributed by atoms with E-state index >= 15 is 0 Å². The maximum Gasteiger partial charge on any atom is 0.325 e. The van der Waals surface area contributed by atoms with Gasteiger partial charge in [0.25, 0.3) is 0 Å². The van der Waals surface area contributed by atoms with Crippen molar-refractivity contribution >= 4 is 29.7 Å². The van der Waals surface area contributed by atoms with Gasteiger partial charge in [-0.25, -0.2) is 0 Å². The van der Waals surface area contributed by atoms with Crippen molar-refractivity contribution in [1.82, 2.24) is 10.6 Å². The summed E-state index contributed by atoms with van der Waals surface area (Å²) in [6, 6.07) is -3.73. The molecule has 11 heteroatoms. The van der Waals surface area contributed by atoms with E-state index in [1.165, 1.54) is 6.92 Å². The molecule has 0 aliphatic rings. The number of nitrogens with two attached hydrogens (primary N) is 1. The maximum absolute atomic E-state index is 12.0. The van der Waals surface area contributed by atoms with Crippen LogP contribution in [0.2, 0.25) is 0 Å². The molecule has 0 saturated heterocycles. The van der Waals surface area contributed by atoms with Gasteiger partial charge in [-0.05, 0) is 19.8 Å². The van der Waals surface area contributed by atoms with Crippen molar-refractivity contribution in [2.75, 3.05) is 0 Å². The molecule has 0 aliphatic heterocycles. The molecule has 0 heterocycles. The topological polar surface area (TPSA) is 196 Å². The quantitative estimate of drug-likeness (QED) is 0.248. The molecule has 11 nitrogen and oxygen atoms in total. The molecule has 0 aromatic carbocycles. The monoisotopic (exact) mass is 347 g/mol. The molecule has 0 aromatic rings. The van der Waals surface area contributed by atoms with Crippen LogP contribution < -0.4 is 16.4 Å². The fourth-order valence-corrected chi connectivity index (χ4v) is 1.60. The Balaban J connectivity index is 4.83. The standard InChI is InChI=1S/C13H21N3O8/c1-6(13(23)24)15-12(22)8(3-5-10(19)20)16-11(21)7(14)2-4-9(17)18/h6-8H,2-5,14H2,1H3,(H,15,22)(H,16,21)(H,17,18)(H,19,20)(H,23,24)/t6-,7+,8-/m1/s1. The number of hydrogen-bond acceptors (Lipinski definition) is 6. The van der Waals surface area contributed by atoms with Gasteiger partial charge in [0.15, 0.2) is 0 Å². The predicted molar refractivity (Wildman–Crippen MR) is 78.9 cm³/mol. The summed E-state index contributed by atoms with van der Waals surface area (Å²) in [4.78, 5) is 55.6. The fourth-order valence-electron chi connectivity index (χ4n) is 1.60. The largest absolute Gasteiger partial charge is 0.481 e. The van der Waals surface area contributed by atoms with E-state index in [0.29, 0.717) is 0 Å². The number of hydrogen-bond donors (Lipinski definition) is 6. The molecule has 3 atom stereocenters. The van der Waals surface area contributed by atoms with Crippen LogP contribution in [0.25, 0.3) is 0 Å². The fraction of sp³-hybridized carbons (Fsp3) is 0.615. The van der Waals surface area contributed by atoms with Crippen LogP contribution in [0.5, 0.6) is 0 Å². The first-order chi connectivity index (χ1) is 11.0. The van der Waals surface area contributed by atoms with Crippen molar-refractivity contribution in [2.45, 2.75) is 50.7 Å². The maximum atomic E-state index is 12.0. The second kappa shape index (κ2) is 10.2. The van der Waals surface area contributed by atoms with E-state index in [4.69, 9.17) is 21.1 Å². The zero-order chi connectivity index (χ0) is 18.9. The number of carbonyl (C=O) groups excluding carboxylic acids is 2. The van der Waals surface area contributed by atoms with E-state index in [-0.39, 0.29) is 19.3 Å². The molecule has 24 heavy (non-hydrogen) atoms. The van der Waals surface area contributed by atoms with Crippen molar-refractivity contribution in [3.63, 3.8) is 0 Å². The summed E-state index contributed by atoms with van der Waals surface area (Å²) >= 11 is 0. The Kier molecular flexibility index (Phi) is 9.02. The van der Waals surface area contributed by atoms with E-state index in [9.17, 15) is 24.0 Å². The van der Waals surface area contributed by atoms with Crippen LogP contribution in [0.1, 0.15) is 32.6 Å². The molecule has 0 radical (unpaired) electrons. The Labute approximate surface area is 137 Å². The highest BCUT2D eigenvalue weighted by molar-refractivity contribution is 5.92. The highest BCUT2D eigenvalue weighted by Gasteiger charge is 2.26. The molecule has 0 aliphatic carbocycles. The molecule has 0 bridgehead atoms. The SMILES string of the molecule is C[C@@H](NC(=O)[C@@H](CCC(=O)O)NC(=O)[C@@H](N)CCC(=O)O)C(=O)O. The van der Waals surface area contributed by atoms with Crippen LogP contribution in [0.15, 0.2) is 0 Å². The third-order valence-corrected chi connectivity index (χ3v) is 3.02. The van der Waals surface area contributed by atoms with Gasteiger partial charge in [0.2, 0.25) is 11.8 Å². The number of carboxylic acids is 3. The van der Waals surface area contributed by atoms with Gasteiger partial charge in [-0.15, -0.1) is 0 Å². The second-order valence-electron chi connectivity index (χ2n) is 5.10. The van der Waals surface area contributed by atoms with E-state index in [2.05, 4.69) is 10.6 Å². The first-order valence-electron chi connectivity index (χ1n) is 7.07. The van der Waals surface area contributed by atoms with Crippen LogP contribution in [-0.2, 0) is 24.0 Å². The number of aliphatic carboxylic acids is 3. The van der Waals surface area contributed by atoms with E-state index in [1.54, 1.807) is 0 Å². The molecule has 0 rings (SSSR count). The zero-order valence-corrected chi connectivity index (χ0v) is 13.0. The van der Waals surface area contributed by atoms with Gasteiger partial charge in [-0.1, -0.05) is 0 Å². The van der Waals surface area contributed by atoms with Crippen LogP contribution >= 0.6 is 0 Å². The Morgan fingerprint density at radius 3 is 1.83 bits per heavy atom. The first kappa shape index (κ1) is 21.3. The highest BCUT2D eigenvalue weighted by atomic mass is 16.4. The van der Waals surface area contributed by atoms with Crippen molar-refractivity contribution < 1.29 is 39.3 Å². The molecule has 0 spiro atoms. The first-order valence-corrected chi connectivity index (χ1v) is 7.07. The summed E-state index contributed by atoms with van der Waals surface area (Å²) in [6.07, 6.45) is -1.23. The lowest BCUT2D eigenvalue weighted by atomic mass is 10.1. The van der Waals surface area contributed by atoms with Crippen molar-refractivity contribution in [2.24, 2.45) is 5.73 Å². The van der Waals surface area contributed by atoms with Crippen LogP contribution in [0, 0.1) is 0 Å². The van der Waals surface area contributed by atoms with Gasteiger partial charge in [-0.3, -0.25) is 24.0 Å². The number of amides is 2. The molecular weight excluding hydrogens is 326 g/mol.